The number of aryl methyl sites for hydroxylation is 1. The molecule has 3 rings (SSSR count). The number of halogens is 1. The van der Waals surface area contributed by atoms with E-state index in [4.69, 9.17) is 16.3 Å². The molecule has 7 heteroatoms. The Bertz CT molecular complexity index is 823. The Morgan fingerprint density at radius 2 is 1.96 bits per heavy atom. The summed E-state index contributed by atoms with van der Waals surface area (Å²) in [6, 6.07) is 11.9. The third-order valence-corrected chi connectivity index (χ3v) is 4.53. The summed E-state index contributed by atoms with van der Waals surface area (Å²) in [5.74, 6) is 0.700. The van der Waals surface area contributed by atoms with Gasteiger partial charge >= 0.3 is 6.03 Å². The summed E-state index contributed by atoms with van der Waals surface area (Å²) in [6.07, 6.45) is 0.258. The van der Waals surface area contributed by atoms with Crippen LogP contribution in [0.5, 0.6) is 5.75 Å². The van der Waals surface area contributed by atoms with Gasteiger partial charge < -0.3 is 20.3 Å². The number of urea groups is 1. The lowest BCUT2D eigenvalue weighted by atomic mass is 10.2. The molecule has 26 heavy (non-hydrogen) atoms. The highest BCUT2D eigenvalue weighted by Crippen LogP contribution is 2.24. The van der Waals surface area contributed by atoms with Crippen molar-refractivity contribution in [3.05, 3.63) is 53.1 Å². The number of methoxy groups -OCH3 is 1. The van der Waals surface area contributed by atoms with Crippen molar-refractivity contribution in [3.8, 4) is 5.75 Å². The van der Waals surface area contributed by atoms with Gasteiger partial charge in [-0.3, -0.25) is 4.79 Å². The number of nitrogens with one attached hydrogen (secondary N) is 2. The van der Waals surface area contributed by atoms with Crippen molar-refractivity contribution in [2.75, 3.05) is 23.9 Å². The molecule has 136 valence electrons. The molecule has 1 atom stereocenters. The summed E-state index contributed by atoms with van der Waals surface area (Å²) in [4.78, 5) is 26.2. The Hall–Kier alpha value is -2.73. The molecule has 0 radical (unpaired) electrons. The minimum absolute atomic E-state index is 0.0283. The van der Waals surface area contributed by atoms with Crippen molar-refractivity contribution in [1.29, 1.82) is 0 Å². The van der Waals surface area contributed by atoms with Gasteiger partial charge in [0.2, 0.25) is 5.91 Å². The number of anilines is 2. The van der Waals surface area contributed by atoms with Crippen LogP contribution in [0.25, 0.3) is 0 Å². The maximum atomic E-state index is 12.3. The fourth-order valence-electron chi connectivity index (χ4n) is 2.89. The number of ether oxygens (including phenoxy) is 1. The van der Waals surface area contributed by atoms with Gasteiger partial charge in [0, 0.05) is 29.4 Å². The molecule has 2 aromatic rings. The lowest BCUT2D eigenvalue weighted by Crippen LogP contribution is -2.39. The van der Waals surface area contributed by atoms with Gasteiger partial charge in [-0.05, 0) is 48.9 Å². The van der Waals surface area contributed by atoms with Gasteiger partial charge in [0.25, 0.3) is 0 Å². The Balaban J connectivity index is 1.61. The van der Waals surface area contributed by atoms with E-state index in [0.29, 0.717) is 17.3 Å². The number of amides is 3. The van der Waals surface area contributed by atoms with Gasteiger partial charge in [0.05, 0.1) is 13.2 Å². The zero-order valence-electron chi connectivity index (χ0n) is 14.6. The Labute approximate surface area is 157 Å². The SMILES string of the molecule is COc1ccc(N2CC(NC(=O)Nc3cc(Cl)ccc3C)CC2=O)cc1. The van der Waals surface area contributed by atoms with Crippen molar-refractivity contribution in [2.24, 2.45) is 0 Å². The second-order valence-electron chi connectivity index (χ2n) is 6.16. The summed E-state index contributed by atoms with van der Waals surface area (Å²) in [7, 11) is 1.59. The first-order valence-corrected chi connectivity index (χ1v) is 8.62. The van der Waals surface area contributed by atoms with E-state index in [0.717, 1.165) is 17.0 Å². The summed E-state index contributed by atoms with van der Waals surface area (Å²) < 4.78 is 5.13. The Morgan fingerprint density at radius 3 is 2.65 bits per heavy atom. The number of nitrogens with zero attached hydrogens (tertiary/aromatic N) is 1. The quantitative estimate of drug-likeness (QED) is 0.860. The molecular formula is C19H20ClN3O3. The van der Waals surface area contributed by atoms with Gasteiger partial charge in [-0.1, -0.05) is 17.7 Å². The van der Waals surface area contributed by atoms with E-state index in [9.17, 15) is 9.59 Å². The summed E-state index contributed by atoms with van der Waals surface area (Å²) >= 11 is 5.97. The summed E-state index contributed by atoms with van der Waals surface area (Å²) in [6.45, 7) is 2.31. The zero-order chi connectivity index (χ0) is 18.7. The molecule has 0 saturated carbocycles. The standard InChI is InChI=1S/C19H20ClN3O3/c1-12-3-4-13(20)9-17(12)22-19(25)21-14-10-18(24)23(11-14)15-5-7-16(26-2)8-6-15/h3-9,14H,10-11H2,1-2H3,(H2,21,22,25). The summed E-state index contributed by atoms with van der Waals surface area (Å²) in [5, 5.41) is 6.18. The van der Waals surface area contributed by atoms with Crippen molar-refractivity contribution >= 4 is 34.9 Å². The molecule has 0 aliphatic carbocycles. The van der Waals surface area contributed by atoms with Crippen molar-refractivity contribution in [1.82, 2.24) is 5.32 Å². The molecule has 1 aliphatic heterocycles. The van der Waals surface area contributed by atoms with Crippen LogP contribution < -0.4 is 20.3 Å². The molecule has 1 unspecified atom stereocenters. The van der Waals surface area contributed by atoms with Crippen LogP contribution in [0.2, 0.25) is 5.02 Å². The van der Waals surface area contributed by atoms with Crippen LogP contribution in [0.3, 0.4) is 0 Å². The number of carbonyl (C=O) groups is 2. The Kier molecular flexibility index (Phi) is 5.32. The molecule has 0 aromatic heterocycles. The average molecular weight is 374 g/mol. The highest BCUT2D eigenvalue weighted by Gasteiger charge is 2.31. The second kappa shape index (κ2) is 7.66. The molecule has 1 aliphatic rings. The number of rotatable bonds is 4. The van der Waals surface area contributed by atoms with Gasteiger partial charge in [0.1, 0.15) is 5.75 Å². The molecule has 1 fully saturated rings. The monoisotopic (exact) mass is 373 g/mol. The zero-order valence-corrected chi connectivity index (χ0v) is 15.3. The second-order valence-corrected chi connectivity index (χ2v) is 6.60. The Morgan fingerprint density at radius 1 is 1.23 bits per heavy atom. The predicted octanol–water partition coefficient (Wildman–Crippen LogP) is 3.58. The molecule has 6 nitrogen and oxygen atoms in total. The van der Waals surface area contributed by atoms with E-state index >= 15 is 0 Å². The number of carbonyl (C=O) groups excluding carboxylic acids is 2. The smallest absolute Gasteiger partial charge is 0.319 e. The normalized spacial score (nSPS) is 16.5. The number of benzene rings is 2. The van der Waals surface area contributed by atoms with Crippen LogP contribution in [0.1, 0.15) is 12.0 Å². The van der Waals surface area contributed by atoms with Crippen LogP contribution in [0.4, 0.5) is 16.2 Å². The third kappa shape index (κ3) is 4.08. The van der Waals surface area contributed by atoms with E-state index in [1.165, 1.54) is 0 Å². The first kappa shape index (κ1) is 18.1. The average Bonchev–Trinajstić information content (AvgIpc) is 2.98. The third-order valence-electron chi connectivity index (χ3n) is 4.29. The van der Waals surface area contributed by atoms with Gasteiger partial charge in [-0.15, -0.1) is 0 Å². The van der Waals surface area contributed by atoms with Gasteiger partial charge in [0.15, 0.2) is 0 Å². The fraction of sp³-hybridized carbons (Fsp3) is 0.263. The topological polar surface area (TPSA) is 70.7 Å². The predicted molar refractivity (Wildman–Crippen MR) is 102 cm³/mol. The lowest BCUT2D eigenvalue weighted by molar-refractivity contribution is -0.117. The molecule has 1 heterocycles. The van der Waals surface area contributed by atoms with Crippen molar-refractivity contribution in [3.63, 3.8) is 0 Å². The molecule has 1 saturated heterocycles. The molecule has 2 N–H and O–H groups in total. The highest BCUT2D eigenvalue weighted by molar-refractivity contribution is 6.31. The van der Waals surface area contributed by atoms with E-state index in [-0.39, 0.29) is 24.4 Å². The molecule has 2 aromatic carbocycles. The van der Waals surface area contributed by atoms with E-state index in [1.807, 2.05) is 25.1 Å². The van der Waals surface area contributed by atoms with Crippen molar-refractivity contribution in [2.45, 2.75) is 19.4 Å². The largest absolute Gasteiger partial charge is 0.497 e. The maximum absolute atomic E-state index is 12.3. The maximum Gasteiger partial charge on any atom is 0.319 e. The van der Waals surface area contributed by atoms with Gasteiger partial charge in [-0.2, -0.15) is 0 Å². The van der Waals surface area contributed by atoms with E-state index in [2.05, 4.69) is 10.6 Å². The van der Waals surface area contributed by atoms with Crippen LogP contribution in [0.15, 0.2) is 42.5 Å². The highest BCUT2D eigenvalue weighted by atomic mass is 35.5. The van der Waals surface area contributed by atoms with Crippen LogP contribution in [-0.4, -0.2) is 31.6 Å². The number of hydrogen-bond donors (Lipinski definition) is 2. The first-order valence-electron chi connectivity index (χ1n) is 8.24. The first-order chi connectivity index (χ1) is 12.5. The van der Waals surface area contributed by atoms with E-state index in [1.54, 1.807) is 36.3 Å². The molecule has 0 spiro atoms. The number of hydrogen-bond acceptors (Lipinski definition) is 3. The molecule has 3 amide bonds. The molecule has 0 bridgehead atoms. The lowest BCUT2D eigenvalue weighted by Gasteiger charge is -2.18. The van der Waals surface area contributed by atoms with Gasteiger partial charge in [-0.25, -0.2) is 4.79 Å². The minimum Gasteiger partial charge on any atom is -0.497 e. The van der Waals surface area contributed by atoms with Crippen LogP contribution in [-0.2, 0) is 4.79 Å². The van der Waals surface area contributed by atoms with Crippen LogP contribution in [0, 0.1) is 6.92 Å². The minimum atomic E-state index is -0.357. The van der Waals surface area contributed by atoms with E-state index < -0.39 is 0 Å². The van der Waals surface area contributed by atoms with Crippen LogP contribution >= 0.6 is 11.6 Å². The molecular weight excluding hydrogens is 354 g/mol. The fourth-order valence-corrected chi connectivity index (χ4v) is 3.06. The summed E-state index contributed by atoms with van der Waals surface area (Å²) in [5.41, 5.74) is 2.34. The van der Waals surface area contributed by atoms with Crippen molar-refractivity contribution < 1.29 is 14.3 Å².